The predicted molar refractivity (Wildman–Crippen MR) is 145 cm³/mol. The Labute approximate surface area is 231 Å². The quantitative estimate of drug-likeness (QED) is 0.118. The predicted octanol–water partition coefficient (Wildman–Crippen LogP) is -1.89. The van der Waals surface area contributed by atoms with Crippen LogP contribution in [0.4, 0.5) is 0 Å². The van der Waals surface area contributed by atoms with E-state index in [1.54, 1.807) is 6.20 Å². The van der Waals surface area contributed by atoms with Crippen molar-refractivity contribution in [1.82, 2.24) is 26.3 Å². The third-order valence-electron chi connectivity index (χ3n) is 6.16. The first kappa shape index (κ1) is 32.2. The van der Waals surface area contributed by atoms with Gasteiger partial charge in [0.05, 0.1) is 19.3 Å². The number of aliphatic carboxylic acids is 1. The molecule has 40 heavy (non-hydrogen) atoms. The number of fused-ring (bicyclic) bond motifs is 1. The minimum Gasteiger partial charge on any atom is -0.480 e. The van der Waals surface area contributed by atoms with Crippen LogP contribution in [0.3, 0.4) is 0 Å². The molecule has 5 unspecified atom stereocenters. The Kier molecular flexibility index (Phi) is 12.0. The number of benzene rings is 1. The smallest absolute Gasteiger partial charge is 0.328 e. The first-order chi connectivity index (χ1) is 18.9. The summed E-state index contributed by atoms with van der Waals surface area (Å²) in [4.78, 5) is 64.9. The van der Waals surface area contributed by atoms with Crippen molar-refractivity contribution in [3.05, 3.63) is 36.0 Å². The molecule has 1 aromatic carbocycles. The van der Waals surface area contributed by atoms with Gasteiger partial charge in [0.1, 0.15) is 24.2 Å². The van der Waals surface area contributed by atoms with E-state index >= 15 is 0 Å². The van der Waals surface area contributed by atoms with E-state index in [1.165, 1.54) is 6.92 Å². The van der Waals surface area contributed by atoms with Gasteiger partial charge in [0.25, 0.3) is 0 Å². The van der Waals surface area contributed by atoms with Crippen LogP contribution < -0.4 is 27.0 Å². The molecule has 1 aromatic heterocycles. The summed E-state index contributed by atoms with van der Waals surface area (Å²) in [6.07, 6.45) is 2.27. The summed E-state index contributed by atoms with van der Waals surface area (Å²) in [6.45, 7) is 3.29. The second-order valence-corrected chi connectivity index (χ2v) is 9.92. The highest BCUT2D eigenvalue weighted by atomic mass is 16.4. The number of amides is 4. The number of para-hydroxylation sites is 1. The molecule has 2 rings (SSSR count). The van der Waals surface area contributed by atoms with Crippen LogP contribution in [0.25, 0.3) is 10.9 Å². The highest BCUT2D eigenvalue weighted by Gasteiger charge is 2.30. The zero-order valence-electron chi connectivity index (χ0n) is 22.6. The first-order valence-electron chi connectivity index (χ1n) is 12.8. The van der Waals surface area contributed by atoms with Gasteiger partial charge in [-0.05, 0) is 37.3 Å². The number of carbonyl (C=O) groups excluding carboxylic acids is 4. The summed E-state index contributed by atoms with van der Waals surface area (Å²) in [5.74, 6) is -4.58. The molecular formula is C26H38N6O8. The number of aromatic amines is 1. The lowest BCUT2D eigenvalue weighted by atomic mass is 10.0. The van der Waals surface area contributed by atoms with Gasteiger partial charge in [0.15, 0.2) is 0 Å². The molecule has 5 atom stereocenters. The van der Waals surface area contributed by atoms with Gasteiger partial charge < -0.3 is 47.3 Å². The summed E-state index contributed by atoms with van der Waals surface area (Å²) >= 11 is 0. The Morgan fingerprint density at radius 2 is 1.40 bits per heavy atom. The van der Waals surface area contributed by atoms with Crippen LogP contribution in [0, 0.1) is 5.92 Å². The summed E-state index contributed by atoms with van der Waals surface area (Å²) in [6, 6.07) is 1.28. The number of carbonyl (C=O) groups is 5. The van der Waals surface area contributed by atoms with Gasteiger partial charge in [-0.25, -0.2) is 4.79 Å². The zero-order valence-corrected chi connectivity index (χ0v) is 22.6. The average molecular weight is 563 g/mol. The molecule has 0 aliphatic heterocycles. The Balaban J connectivity index is 2.00. The fraction of sp³-hybridized carbons (Fsp3) is 0.500. The minimum absolute atomic E-state index is 0.00111. The van der Waals surface area contributed by atoms with Crippen molar-refractivity contribution in [2.45, 2.75) is 63.8 Å². The number of hydrogen-bond acceptors (Lipinski definition) is 8. The maximum Gasteiger partial charge on any atom is 0.328 e. The number of nitrogens with one attached hydrogen (secondary N) is 5. The molecule has 0 fully saturated rings. The summed E-state index contributed by atoms with van der Waals surface area (Å²) in [5, 5.41) is 37.8. The molecule has 14 nitrogen and oxygen atoms in total. The molecule has 0 aliphatic carbocycles. The maximum atomic E-state index is 13.0. The Morgan fingerprint density at radius 3 is 2.00 bits per heavy atom. The molecule has 0 saturated heterocycles. The van der Waals surface area contributed by atoms with Crippen LogP contribution >= 0.6 is 0 Å². The molecule has 1 heterocycles. The summed E-state index contributed by atoms with van der Waals surface area (Å²) < 4.78 is 0. The first-order valence-corrected chi connectivity index (χ1v) is 12.8. The minimum atomic E-state index is -1.63. The molecule has 2 aromatic rings. The van der Waals surface area contributed by atoms with E-state index in [1.807, 2.05) is 43.4 Å². The number of hydrogen-bond donors (Lipinski definition) is 9. The third-order valence-corrected chi connectivity index (χ3v) is 6.16. The number of aliphatic hydroxyl groups is 2. The number of carboxylic acid groups (broad SMARTS) is 1. The molecule has 0 aliphatic rings. The molecule has 0 saturated carbocycles. The molecule has 0 radical (unpaired) electrons. The van der Waals surface area contributed by atoms with E-state index in [2.05, 4.69) is 20.9 Å². The van der Waals surface area contributed by atoms with Gasteiger partial charge in [0.2, 0.25) is 23.6 Å². The van der Waals surface area contributed by atoms with Gasteiger partial charge in [-0.1, -0.05) is 32.0 Å². The van der Waals surface area contributed by atoms with Crippen molar-refractivity contribution < 1.29 is 39.3 Å². The van der Waals surface area contributed by atoms with Crippen LogP contribution in [-0.2, 0) is 30.4 Å². The molecule has 4 amide bonds. The number of nitrogens with two attached hydrogens (primary N) is 1. The van der Waals surface area contributed by atoms with Gasteiger partial charge in [-0.3, -0.25) is 19.2 Å². The highest BCUT2D eigenvalue weighted by Crippen LogP contribution is 2.19. The van der Waals surface area contributed by atoms with Crippen LogP contribution in [0.15, 0.2) is 30.5 Å². The fourth-order valence-corrected chi connectivity index (χ4v) is 3.94. The van der Waals surface area contributed by atoms with Crippen LogP contribution in [0.1, 0.15) is 32.8 Å². The van der Waals surface area contributed by atoms with Crippen molar-refractivity contribution in [3.63, 3.8) is 0 Å². The van der Waals surface area contributed by atoms with Crippen molar-refractivity contribution >= 4 is 40.5 Å². The average Bonchev–Trinajstić information content (AvgIpc) is 3.31. The van der Waals surface area contributed by atoms with Crippen LogP contribution in [0.2, 0.25) is 0 Å². The lowest BCUT2D eigenvalue weighted by Gasteiger charge is -2.25. The number of aromatic nitrogens is 1. The SMILES string of the molecule is CC(C)CC(NC(=O)C(N)Cc1c[nH]c2ccccc12)C(=O)NC(C)C(=O)NC(CO)C(=O)NC(CO)C(=O)O. The van der Waals surface area contributed by atoms with Gasteiger partial charge >= 0.3 is 5.97 Å². The normalized spacial score (nSPS) is 15.0. The lowest BCUT2D eigenvalue weighted by Crippen LogP contribution is -2.59. The van der Waals surface area contributed by atoms with Gasteiger partial charge in [-0.2, -0.15) is 0 Å². The molecule has 10 N–H and O–H groups in total. The van der Waals surface area contributed by atoms with Crippen molar-refractivity contribution in [1.29, 1.82) is 0 Å². The van der Waals surface area contributed by atoms with Gasteiger partial charge in [-0.15, -0.1) is 0 Å². The Bertz CT molecular complexity index is 1200. The number of H-pyrrole nitrogens is 1. The second kappa shape index (κ2) is 15.0. The molecule has 14 heteroatoms. The van der Waals surface area contributed by atoms with Crippen molar-refractivity contribution in [2.75, 3.05) is 13.2 Å². The van der Waals surface area contributed by atoms with E-state index < -0.39 is 73.0 Å². The summed E-state index contributed by atoms with van der Waals surface area (Å²) in [7, 11) is 0. The number of carboxylic acids is 1. The Morgan fingerprint density at radius 1 is 0.825 bits per heavy atom. The maximum absolute atomic E-state index is 13.0. The van der Waals surface area contributed by atoms with E-state index in [0.717, 1.165) is 16.5 Å². The van der Waals surface area contributed by atoms with Crippen LogP contribution in [0.5, 0.6) is 0 Å². The van der Waals surface area contributed by atoms with Crippen LogP contribution in [-0.4, -0.2) is 93.3 Å². The second-order valence-electron chi connectivity index (χ2n) is 9.92. The lowest BCUT2D eigenvalue weighted by molar-refractivity contribution is -0.143. The van der Waals surface area contributed by atoms with Crippen molar-refractivity contribution in [2.24, 2.45) is 11.7 Å². The molecular weight excluding hydrogens is 524 g/mol. The molecule has 0 spiro atoms. The zero-order chi connectivity index (χ0) is 30.0. The Hall–Kier alpha value is -4.01. The molecule has 0 bridgehead atoms. The van der Waals surface area contributed by atoms with E-state index in [-0.39, 0.29) is 18.8 Å². The molecule has 220 valence electrons. The number of aliphatic hydroxyl groups excluding tert-OH is 2. The van der Waals surface area contributed by atoms with E-state index in [9.17, 15) is 29.1 Å². The van der Waals surface area contributed by atoms with E-state index in [0.29, 0.717) is 0 Å². The van der Waals surface area contributed by atoms with Gasteiger partial charge in [0, 0.05) is 17.1 Å². The number of rotatable bonds is 15. The van der Waals surface area contributed by atoms with Crippen molar-refractivity contribution in [3.8, 4) is 0 Å². The third kappa shape index (κ3) is 9.03. The monoisotopic (exact) mass is 562 g/mol. The summed E-state index contributed by atoms with van der Waals surface area (Å²) in [5.41, 5.74) is 7.91. The topological polar surface area (TPSA) is 236 Å². The fourth-order valence-electron chi connectivity index (χ4n) is 3.94. The highest BCUT2D eigenvalue weighted by molar-refractivity contribution is 5.95. The standard InChI is InChI=1S/C26H38N6O8/c1-13(2)8-19(30-23(36)17(27)9-15-10-28-18-7-5-4-6-16(15)18)24(37)29-14(3)22(35)31-20(11-33)25(38)32-21(12-34)26(39)40/h4-7,10,13-14,17,19-21,28,33-34H,8-9,11-12,27H2,1-3H3,(H,29,37)(H,30,36)(H,31,35)(H,32,38)(H,39,40). The van der Waals surface area contributed by atoms with E-state index in [4.69, 9.17) is 15.9 Å². The largest absolute Gasteiger partial charge is 0.480 e.